The molecule has 0 aliphatic carbocycles. The molecule has 0 aliphatic rings. The monoisotopic (exact) mass is 360 g/mol. The Kier molecular flexibility index (Phi) is 5.87. The van der Waals surface area contributed by atoms with Gasteiger partial charge in [0.15, 0.2) is 0 Å². The van der Waals surface area contributed by atoms with Gasteiger partial charge in [0.05, 0.1) is 0 Å². The Morgan fingerprint density at radius 1 is 0.714 bits per heavy atom. The molecule has 0 radical (unpaired) electrons. The number of halogens is 2. The zero-order valence-corrected chi connectivity index (χ0v) is 11.3. The van der Waals surface area contributed by atoms with Gasteiger partial charge in [-0.3, -0.25) is 0 Å². The van der Waals surface area contributed by atoms with Crippen LogP contribution in [0.5, 0.6) is 0 Å². The molecule has 0 saturated carbocycles. The first-order chi connectivity index (χ1) is 6.79. The van der Waals surface area contributed by atoms with Gasteiger partial charge in [0.1, 0.15) is 0 Å². The van der Waals surface area contributed by atoms with Gasteiger partial charge < -0.3 is 0 Å². The van der Waals surface area contributed by atoms with Gasteiger partial charge in [0, 0.05) is 8.04 Å². The second-order valence-electron chi connectivity index (χ2n) is 2.59. The lowest BCUT2D eigenvalue weighted by atomic mass is 10.4. The molecule has 72 valence electrons. The fourth-order valence-corrected chi connectivity index (χ4v) is 1.55. The lowest BCUT2D eigenvalue weighted by molar-refractivity contribution is 1.65. The molecule has 14 heavy (non-hydrogen) atoms. The molecule has 0 bridgehead atoms. The minimum atomic E-state index is 1.13. The number of benzene rings is 2. The second kappa shape index (κ2) is 7.01. The molecule has 0 heterocycles. The third-order valence-corrected chi connectivity index (χ3v) is 2.71. The smallest absolute Gasteiger partial charge is 0.0175 e. The molecule has 0 saturated heterocycles. The molecule has 0 fully saturated rings. The predicted octanol–water partition coefficient (Wildman–Crippen LogP) is 4.74. The summed E-state index contributed by atoms with van der Waals surface area (Å²) >= 11 is 5.59. The summed E-state index contributed by atoms with van der Waals surface area (Å²) in [4.78, 5) is 0. The molecule has 0 amide bonds. The van der Waals surface area contributed by atoms with E-state index in [4.69, 9.17) is 0 Å². The van der Waals surface area contributed by atoms with Crippen molar-refractivity contribution in [1.82, 2.24) is 0 Å². The van der Waals surface area contributed by atoms with Crippen LogP contribution in [0.4, 0.5) is 0 Å². The molecule has 0 atom stereocenters. The Labute approximate surface area is 107 Å². The molecule has 2 rings (SSSR count). The third kappa shape index (κ3) is 5.40. The van der Waals surface area contributed by atoms with Crippen LogP contribution in [0.2, 0.25) is 0 Å². The molecule has 0 N–H and O–H groups in total. The zero-order chi connectivity index (χ0) is 10.2. The highest BCUT2D eigenvalue weighted by Crippen LogP contribution is 2.05. The van der Waals surface area contributed by atoms with Crippen LogP contribution in [0.3, 0.4) is 0 Å². The first kappa shape index (κ1) is 11.7. The summed E-state index contributed by atoms with van der Waals surface area (Å²) in [6.07, 6.45) is 0. The molecule has 0 aliphatic heterocycles. The van der Waals surface area contributed by atoms with E-state index >= 15 is 0 Å². The molecule has 2 aromatic rings. The van der Waals surface area contributed by atoms with Gasteiger partial charge in [-0.15, -0.1) is 0 Å². The van der Waals surface area contributed by atoms with Crippen LogP contribution in [0.15, 0.2) is 65.1 Å². The average molecular weight is 361 g/mol. The van der Waals surface area contributed by atoms with Crippen LogP contribution in [0, 0.1) is 3.57 Å². The van der Waals surface area contributed by atoms with Crippen LogP contribution in [0.25, 0.3) is 0 Å². The molecule has 0 spiro atoms. The lowest BCUT2D eigenvalue weighted by Gasteiger charge is -1.80. The van der Waals surface area contributed by atoms with Crippen LogP contribution >= 0.6 is 38.5 Å². The van der Waals surface area contributed by atoms with Crippen LogP contribution < -0.4 is 0 Å². The molecule has 0 unspecified atom stereocenters. The van der Waals surface area contributed by atoms with Gasteiger partial charge in [-0.05, 0) is 46.9 Å². The minimum Gasteiger partial charge on any atom is -0.0622 e. The van der Waals surface area contributed by atoms with E-state index in [9.17, 15) is 0 Å². The molecular formula is C12H10BrI. The molecule has 0 aromatic heterocycles. The van der Waals surface area contributed by atoms with Crippen LogP contribution in [0.1, 0.15) is 0 Å². The maximum Gasteiger partial charge on any atom is 0.0175 e. The summed E-state index contributed by atoms with van der Waals surface area (Å²) in [7, 11) is 0. The van der Waals surface area contributed by atoms with Crippen molar-refractivity contribution in [3.05, 3.63) is 68.7 Å². The van der Waals surface area contributed by atoms with Gasteiger partial charge >= 0.3 is 0 Å². The summed E-state index contributed by atoms with van der Waals surface area (Å²) < 4.78 is 2.43. The van der Waals surface area contributed by atoms with Gasteiger partial charge in [0.25, 0.3) is 0 Å². The number of hydrogen-bond acceptors (Lipinski definition) is 0. The average Bonchev–Trinajstić information content (AvgIpc) is 2.21. The topological polar surface area (TPSA) is 0 Å². The second-order valence-corrected chi connectivity index (χ2v) is 4.75. The van der Waals surface area contributed by atoms with E-state index in [-0.39, 0.29) is 0 Å². The van der Waals surface area contributed by atoms with E-state index in [1.54, 1.807) is 0 Å². The Bertz CT molecular complexity index is 308. The standard InChI is InChI=1S/C6H5Br.C6H5I/c2*7-6-4-2-1-3-5-6/h2*1-5H. The molecule has 0 nitrogen and oxygen atoms in total. The van der Waals surface area contributed by atoms with Crippen molar-refractivity contribution in [3.63, 3.8) is 0 Å². The normalized spacial score (nSPS) is 8.71. The number of rotatable bonds is 0. The van der Waals surface area contributed by atoms with Gasteiger partial charge in [-0.1, -0.05) is 52.3 Å². The molecule has 2 heteroatoms. The number of hydrogen-bond donors (Lipinski definition) is 0. The highest BCUT2D eigenvalue weighted by molar-refractivity contribution is 14.1. The highest BCUT2D eigenvalue weighted by Gasteiger charge is 1.75. The van der Waals surface area contributed by atoms with Crippen molar-refractivity contribution in [1.29, 1.82) is 0 Å². The SMILES string of the molecule is Brc1ccccc1.Ic1ccccc1. The van der Waals surface area contributed by atoms with Crippen molar-refractivity contribution in [2.75, 3.05) is 0 Å². The Morgan fingerprint density at radius 2 is 1.14 bits per heavy atom. The van der Waals surface area contributed by atoms with Crippen LogP contribution in [-0.4, -0.2) is 0 Å². The molecule has 2 aromatic carbocycles. The first-order valence-corrected chi connectivity index (χ1v) is 6.07. The fraction of sp³-hybridized carbons (Fsp3) is 0. The Hall–Kier alpha value is -0.350. The van der Waals surface area contributed by atoms with Gasteiger partial charge in [0.2, 0.25) is 0 Å². The van der Waals surface area contributed by atoms with E-state index in [0.29, 0.717) is 0 Å². The summed E-state index contributed by atoms with van der Waals surface area (Å²) in [5.74, 6) is 0. The van der Waals surface area contributed by atoms with E-state index < -0.39 is 0 Å². The Morgan fingerprint density at radius 3 is 1.36 bits per heavy atom. The lowest BCUT2D eigenvalue weighted by Crippen LogP contribution is -1.61. The zero-order valence-electron chi connectivity index (χ0n) is 7.53. The maximum atomic E-state index is 3.31. The van der Waals surface area contributed by atoms with Crippen molar-refractivity contribution < 1.29 is 0 Å². The Balaban J connectivity index is 0.000000140. The predicted molar refractivity (Wildman–Crippen MR) is 73.3 cm³/mol. The van der Waals surface area contributed by atoms with Crippen molar-refractivity contribution in [2.24, 2.45) is 0 Å². The quantitative estimate of drug-likeness (QED) is 0.595. The largest absolute Gasteiger partial charge is 0.0622 e. The summed E-state index contributed by atoms with van der Waals surface area (Å²) in [5.41, 5.74) is 0. The third-order valence-electron chi connectivity index (χ3n) is 1.47. The van der Waals surface area contributed by atoms with Crippen LogP contribution in [-0.2, 0) is 0 Å². The van der Waals surface area contributed by atoms with Crippen molar-refractivity contribution in [3.8, 4) is 0 Å². The maximum absolute atomic E-state index is 3.31. The van der Waals surface area contributed by atoms with E-state index in [0.717, 1.165) is 4.47 Å². The fourth-order valence-electron chi connectivity index (χ4n) is 0.829. The summed E-state index contributed by atoms with van der Waals surface area (Å²) in [5, 5.41) is 0. The van der Waals surface area contributed by atoms with E-state index in [2.05, 4.69) is 50.7 Å². The minimum absolute atomic E-state index is 1.13. The summed E-state index contributed by atoms with van der Waals surface area (Å²) in [6.45, 7) is 0. The highest BCUT2D eigenvalue weighted by atomic mass is 127. The van der Waals surface area contributed by atoms with Gasteiger partial charge in [-0.2, -0.15) is 0 Å². The summed E-state index contributed by atoms with van der Waals surface area (Å²) in [6, 6.07) is 20.2. The molecular weight excluding hydrogens is 351 g/mol. The van der Waals surface area contributed by atoms with Gasteiger partial charge in [-0.25, -0.2) is 0 Å². The van der Waals surface area contributed by atoms with Crippen molar-refractivity contribution in [2.45, 2.75) is 0 Å². The van der Waals surface area contributed by atoms with E-state index in [1.165, 1.54) is 3.57 Å². The first-order valence-electron chi connectivity index (χ1n) is 4.20. The van der Waals surface area contributed by atoms with Crippen molar-refractivity contribution >= 4 is 38.5 Å². The van der Waals surface area contributed by atoms with E-state index in [1.807, 2.05) is 48.5 Å².